The Hall–Kier alpha value is -2.48. The molecule has 0 aliphatic heterocycles. The van der Waals surface area contributed by atoms with E-state index in [1.165, 1.54) is 4.90 Å². The zero-order chi connectivity index (χ0) is 15.1. The van der Waals surface area contributed by atoms with Crippen molar-refractivity contribution in [3.05, 3.63) is 29.8 Å². The number of terminal acetylenes is 1. The van der Waals surface area contributed by atoms with E-state index in [2.05, 4.69) is 11.2 Å². The molecule has 5 heteroatoms. The fourth-order valence-corrected chi connectivity index (χ4v) is 1.83. The van der Waals surface area contributed by atoms with Crippen molar-refractivity contribution in [1.29, 1.82) is 0 Å². The van der Waals surface area contributed by atoms with Crippen LogP contribution in [-0.2, 0) is 4.79 Å². The SMILES string of the molecule is C#CCC(NC(=O)N(CC)c1ccccc1C)C(=O)O. The van der Waals surface area contributed by atoms with E-state index in [0.717, 1.165) is 11.3 Å². The molecule has 0 heterocycles. The van der Waals surface area contributed by atoms with Gasteiger partial charge in [-0.3, -0.25) is 4.90 Å². The van der Waals surface area contributed by atoms with Gasteiger partial charge in [0.1, 0.15) is 6.04 Å². The van der Waals surface area contributed by atoms with Crippen molar-refractivity contribution in [1.82, 2.24) is 5.32 Å². The molecule has 2 N–H and O–H groups in total. The first-order valence-electron chi connectivity index (χ1n) is 6.31. The van der Waals surface area contributed by atoms with Gasteiger partial charge >= 0.3 is 12.0 Å². The Bertz CT molecular complexity index is 534. The maximum atomic E-state index is 12.2. The summed E-state index contributed by atoms with van der Waals surface area (Å²) in [7, 11) is 0. The van der Waals surface area contributed by atoms with Crippen LogP contribution in [0, 0.1) is 19.3 Å². The predicted molar refractivity (Wildman–Crippen MR) is 77.6 cm³/mol. The monoisotopic (exact) mass is 274 g/mol. The number of para-hydroxylation sites is 1. The molecule has 1 aromatic rings. The minimum atomic E-state index is -1.14. The molecule has 0 saturated heterocycles. The van der Waals surface area contributed by atoms with Gasteiger partial charge in [-0.2, -0.15) is 0 Å². The van der Waals surface area contributed by atoms with E-state index in [4.69, 9.17) is 11.5 Å². The lowest BCUT2D eigenvalue weighted by Crippen LogP contribution is -2.48. The third-order valence-corrected chi connectivity index (χ3v) is 2.89. The molecule has 1 atom stereocenters. The Kier molecular flexibility index (Phi) is 5.60. The summed E-state index contributed by atoms with van der Waals surface area (Å²) >= 11 is 0. The molecule has 0 aliphatic rings. The first kappa shape index (κ1) is 15.6. The number of anilines is 1. The van der Waals surface area contributed by atoms with Crippen molar-refractivity contribution < 1.29 is 14.7 Å². The fraction of sp³-hybridized carbons (Fsp3) is 0.333. The summed E-state index contributed by atoms with van der Waals surface area (Å²) in [6.07, 6.45) is 5.06. The van der Waals surface area contributed by atoms with Gasteiger partial charge in [-0.05, 0) is 25.5 Å². The smallest absolute Gasteiger partial charge is 0.327 e. The lowest BCUT2D eigenvalue weighted by atomic mass is 10.2. The number of benzene rings is 1. The van der Waals surface area contributed by atoms with Gasteiger partial charge in [-0.1, -0.05) is 18.2 Å². The van der Waals surface area contributed by atoms with Gasteiger partial charge in [0.2, 0.25) is 0 Å². The number of aryl methyl sites for hydroxylation is 1. The van der Waals surface area contributed by atoms with Crippen LogP contribution in [0.15, 0.2) is 24.3 Å². The van der Waals surface area contributed by atoms with E-state index < -0.39 is 18.0 Å². The Morgan fingerprint density at radius 1 is 1.45 bits per heavy atom. The summed E-state index contributed by atoms with van der Waals surface area (Å²) in [4.78, 5) is 24.7. The summed E-state index contributed by atoms with van der Waals surface area (Å²) in [5.74, 6) is 1.11. The molecule has 0 fully saturated rings. The van der Waals surface area contributed by atoms with E-state index in [9.17, 15) is 9.59 Å². The first-order valence-corrected chi connectivity index (χ1v) is 6.31. The van der Waals surface area contributed by atoms with Gasteiger partial charge in [-0.25, -0.2) is 9.59 Å². The molecule has 2 amide bonds. The zero-order valence-electron chi connectivity index (χ0n) is 11.6. The van der Waals surface area contributed by atoms with Gasteiger partial charge in [0.25, 0.3) is 0 Å². The van der Waals surface area contributed by atoms with Crippen molar-refractivity contribution >= 4 is 17.7 Å². The number of nitrogens with one attached hydrogen (secondary N) is 1. The van der Waals surface area contributed by atoms with Gasteiger partial charge < -0.3 is 10.4 Å². The van der Waals surface area contributed by atoms with Crippen molar-refractivity contribution in [2.75, 3.05) is 11.4 Å². The Labute approximate surface area is 118 Å². The zero-order valence-corrected chi connectivity index (χ0v) is 11.6. The minimum Gasteiger partial charge on any atom is -0.480 e. The molecule has 0 aromatic heterocycles. The topological polar surface area (TPSA) is 69.6 Å². The molecule has 1 aromatic carbocycles. The normalized spacial score (nSPS) is 11.2. The molecule has 106 valence electrons. The summed E-state index contributed by atoms with van der Waals surface area (Å²) in [6.45, 7) is 4.14. The van der Waals surface area contributed by atoms with E-state index in [1.807, 2.05) is 38.1 Å². The number of aliphatic carboxylic acids is 1. The average Bonchev–Trinajstić information content (AvgIpc) is 2.41. The number of carboxylic acids is 1. The molecule has 1 unspecified atom stereocenters. The second kappa shape index (κ2) is 7.19. The molecule has 0 bridgehead atoms. The van der Waals surface area contributed by atoms with Gasteiger partial charge in [0.15, 0.2) is 0 Å². The van der Waals surface area contributed by atoms with Crippen LogP contribution in [0.2, 0.25) is 0 Å². The van der Waals surface area contributed by atoms with Crippen LogP contribution in [0.25, 0.3) is 0 Å². The van der Waals surface area contributed by atoms with Gasteiger partial charge in [-0.15, -0.1) is 12.3 Å². The molecule has 0 spiro atoms. The highest BCUT2D eigenvalue weighted by atomic mass is 16.4. The summed E-state index contributed by atoms with van der Waals surface area (Å²) in [6, 6.07) is 5.86. The maximum Gasteiger partial charge on any atom is 0.327 e. The molecular formula is C15H18N2O3. The van der Waals surface area contributed by atoms with Crippen LogP contribution < -0.4 is 10.2 Å². The molecule has 20 heavy (non-hydrogen) atoms. The van der Waals surface area contributed by atoms with E-state index in [0.29, 0.717) is 6.54 Å². The molecule has 0 aliphatic carbocycles. The summed E-state index contributed by atoms with van der Waals surface area (Å²) in [5, 5.41) is 11.4. The summed E-state index contributed by atoms with van der Waals surface area (Å²) in [5.41, 5.74) is 1.69. The third kappa shape index (κ3) is 3.75. The highest BCUT2D eigenvalue weighted by molar-refractivity contribution is 5.95. The molecule has 0 radical (unpaired) electrons. The van der Waals surface area contributed by atoms with Crippen molar-refractivity contribution in [2.45, 2.75) is 26.3 Å². The van der Waals surface area contributed by atoms with Crippen molar-refractivity contribution in [3.63, 3.8) is 0 Å². The number of carboxylic acid groups (broad SMARTS) is 1. The highest BCUT2D eigenvalue weighted by Gasteiger charge is 2.23. The quantitative estimate of drug-likeness (QED) is 0.807. The first-order chi connectivity index (χ1) is 9.51. The van der Waals surface area contributed by atoms with E-state index in [1.54, 1.807) is 0 Å². The van der Waals surface area contributed by atoms with Crippen LogP contribution in [0.3, 0.4) is 0 Å². The van der Waals surface area contributed by atoms with Crippen LogP contribution >= 0.6 is 0 Å². The third-order valence-electron chi connectivity index (χ3n) is 2.89. The number of hydrogen-bond acceptors (Lipinski definition) is 2. The molecule has 5 nitrogen and oxygen atoms in total. The lowest BCUT2D eigenvalue weighted by molar-refractivity contribution is -0.139. The van der Waals surface area contributed by atoms with Crippen molar-refractivity contribution in [3.8, 4) is 12.3 Å². The maximum absolute atomic E-state index is 12.2. The minimum absolute atomic E-state index is 0.0492. The number of urea groups is 1. The average molecular weight is 274 g/mol. The van der Waals surface area contributed by atoms with Crippen LogP contribution in [0.4, 0.5) is 10.5 Å². The van der Waals surface area contributed by atoms with E-state index >= 15 is 0 Å². The van der Waals surface area contributed by atoms with Crippen LogP contribution in [-0.4, -0.2) is 29.7 Å². The molecular weight excluding hydrogens is 256 g/mol. The number of nitrogens with zero attached hydrogens (tertiary/aromatic N) is 1. The number of hydrogen-bond donors (Lipinski definition) is 2. The lowest BCUT2D eigenvalue weighted by Gasteiger charge is -2.24. The molecule has 1 rings (SSSR count). The van der Waals surface area contributed by atoms with E-state index in [-0.39, 0.29) is 6.42 Å². The predicted octanol–water partition coefficient (Wildman–Crippen LogP) is 2.01. The van der Waals surface area contributed by atoms with Gasteiger partial charge in [0, 0.05) is 18.7 Å². The number of carbonyl (C=O) groups is 2. The summed E-state index contributed by atoms with van der Waals surface area (Å²) < 4.78 is 0. The largest absolute Gasteiger partial charge is 0.480 e. The Balaban J connectivity index is 2.91. The number of carbonyl (C=O) groups excluding carboxylic acids is 1. The number of rotatable bonds is 5. The fourth-order valence-electron chi connectivity index (χ4n) is 1.83. The van der Waals surface area contributed by atoms with Crippen LogP contribution in [0.5, 0.6) is 0 Å². The van der Waals surface area contributed by atoms with Crippen LogP contribution in [0.1, 0.15) is 18.9 Å². The molecule has 0 saturated carbocycles. The highest BCUT2D eigenvalue weighted by Crippen LogP contribution is 2.19. The Morgan fingerprint density at radius 2 is 2.10 bits per heavy atom. The standard InChI is InChI=1S/C15H18N2O3/c1-4-8-12(14(18)19)16-15(20)17(5-2)13-10-7-6-9-11(13)3/h1,6-7,9-10,12H,5,8H2,2-3H3,(H,16,20)(H,18,19). The second-order valence-electron chi connectivity index (χ2n) is 4.28. The second-order valence-corrected chi connectivity index (χ2v) is 4.28. The number of amides is 2. The van der Waals surface area contributed by atoms with Crippen molar-refractivity contribution in [2.24, 2.45) is 0 Å². The van der Waals surface area contributed by atoms with Gasteiger partial charge in [0.05, 0.1) is 0 Å². The Morgan fingerprint density at radius 3 is 2.60 bits per heavy atom.